The van der Waals surface area contributed by atoms with Crippen molar-refractivity contribution in [1.82, 2.24) is 0 Å². The predicted octanol–water partition coefficient (Wildman–Crippen LogP) is 5.23. The molecule has 0 aromatic rings. The van der Waals surface area contributed by atoms with Crippen molar-refractivity contribution in [3.05, 3.63) is 0 Å². The number of hydrogen-bond acceptors (Lipinski definition) is 1. The highest BCUT2D eigenvalue weighted by atomic mass is 16.1. The van der Waals surface area contributed by atoms with Crippen LogP contribution in [0.4, 0.5) is 0 Å². The van der Waals surface area contributed by atoms with Crippen molar-refractivity contribution < 1.29 is 4.79 Å². The largest absolute Gasteiger partial charge is 0.303 e. The molecule has 0 aliphatic heterocycles. The Balaban J connectivity index is 1.72. The highest BCUT2D eigenvalue weighted by Crippen LogP contribution is 2.67. The van der Waals surface area contributed by atoms with Crippen molar-refractivity contribution in [2.75, 3.05) is 0 Å². The number of carbonyl (C=O) groups is 1. The number of fused-ring (bicyclic) bond motifs is 5. The van der Waals surface area contributed by atoms with E-state index in [-0.39, 0.29) is 0 Å². The van der Waals surface area contributed by atoms with E-state index in [2.05, 4.69) is 13.8 Å². The molecule has 4 fully saturated rings. The zero-order valence-electron chi connectivity index (χ0n) is 13.9. The summed E-state index contributed by atoms with van der Waals surface area (Å²) < 4.78 is 0. The summed E-state index contributed by atoms with van der Waals surface area (Å²) in [5.41, 5.74) is 1.13. The van der Waals surface area contributed by atoms with Gasteiger partial charge in [-0.05, 0) is 79.4 Å². The predicted molar refractivity (Wildman–Crippen MR) is 85.9 cm³/mol. The summed E-state index contributed by atoms with van der Waals surface area (Å²) in [4.78, 5) is 11.9. The first kappa shape index (κ1) is 14.3. The van der Waals surface area contributed by atoms with Crippen molar-refractivity contribution in [3.63, 3.8) is 0 Å². The van der Waals surface area contributed by atoms with Gasteiger partial charge in [0.05, 0.1) is 0 Å². The summed E-state index contributed by atoms with van der Waals surface area (Å²) in [6, 6.07) is 0. The highest BCUT2D eigenvalue weighted by molar-refractivity contribution is 5.55. The first-order valence-corrected chi connectivity index (χ1v) is 9.54. The van der Waals surface area contributed by atoms with E-state index in [0.717, 1.165) is 23.7 Å². The fraction of sp³-hybridized carbons (Fsp3) is 0.950. The van der Waals surface area contributed by atoms with Crippen LogP contribution in [0.5, 0.6) is 0 Å². The van der Waals surface area contributed by atoms with Crippen molar-refractivity contribution in [2.45, 2.75) is 78.1 Å². The number of aldehydes is 1. The molecule has 0 N–H and O–H groups in total. The van der Waals surface area contributed by atoms with Gasteiger partial charge in [0, 0.05) is 5.92 Å². The maximum Gasteiger partial charge on any atom is 0.123 e. The van der Waals surface area contributed by atoms with E-state index in [1.807, 2.05) is 0 Å². The van der Waals surface area contributed by atoms with Gasteiger partial charge in [0.15, 0.2) is 0 Å². The van der Waals surface area contributed by atoms with Crippen LogP contribution in [0.15, 0.2) is 0 Å². The van der Waals surface area contributed by atoms with Crippen LogP contribution in [0.25, 0.3) is 0 Å². The van der Waals surface area contributed by atoms with Crippen LogP contribution in [0, 0.1) is 40.4 Å². The second kappa shape index (κ2) is 4.83. The van der Waals surface area contributed by atoms with E-state index in [0.29, 0.717) is 16.7 Å². The number of hydrogen-bond donors (Lipinski definition) is 0. The van der Waals surface area contributed by atoms with Gasteiger partial charge in [0.1, 0.15) is 6.29 Å². The highest BCUT2D eigenvalue weighted by Gasteiger charge is 2.59. The maximum atomic E-state index is 11.9. The lowest BCUT2D eigenvalue weighted by Crippen LogP contribution is -2.55. The summed E-state index contributed by atoms with van der Waals surface area (Å²) in [6.45, 7) is 5.14. The third kappa shape index (κ3) is 1.91. The number of rotatable bonds is 1. The molecule has 1 unspecified atom stereocenters. The van der Waals surface area contributed by atoms with Crippen molar-refractivity contribution in [3.8, 4) is 0 Å². The molecule has 4 rings (SSSR count). The van der Waals surface area contributed by atoms with Crippen LogP contribution in [0.1, 0.15) is 78.1 Å². The average molecular weight is 288 g/mol. The zero-order chi connectivity index (χ0) is 14.7. The van der Waals surface area contributed by atoms with Crippen molar-refractivity contribution in [1.29, 1.82) is 0 Å². The van der Waals surface area contributed by atoms with Gasteiger partial charge >= 0.3 is 0 Å². The van der Waals surface area contributed by atoms with Crippen molar-refractivity contribution in [2.24, 2.45) is 40.4 Å². The lowest BCUT2D eigenvalue weighted by molar-refractivity contribution is -0.144. The molecule has 0 aromatic heterocycles. The molecule has 0 aromatic carbocycles. The fourth-order valence-electron chi connectivity index (χ4n) is 7.49. The summed E-state index contributed by atoms with van der Waals surface area (Å²) in [5.74, 6) is 3.65. The van der Waals surface area contributed by atoms with Crippen LogP contribution >= 0.6 is 0 Å². The standard InChI is InChI=1S/C20H32O/c1-19-9-5-7-16(19)18-14(13-21)12-15-6-3-4-10-20(15,2)17(18)8-11-19/h13-18H,3-12H2,1-2H3/t14-,15?,16-,17-,18-,19-,20-/m0/s1. The lowest BCUT2D eigenvalue weighted by atomic mass is 9.43. The quantitative estimate of drug-likeness (QED) is 0.603. The third-order valence-electron chi connectivity index (χ3n) is 8.64. The van der Waals surface area contributed by atoms with E-state index in [1.54, 1.807) is 0 Å². The van der Waals surface area contributed by atoms with Crippen LogP contribution < -0.4 is 0 Å². The monoisotopic (exact) mass is 288 g/mol. The zero-order valence-corrected chi connectivity index (χ0v) is 13.9. The van der Waals surface area contributed by atoms with Gasteiger partial charge in [-0.25, -0.2) is 0 Å². The minimum Gasteiger partial charge on any atom is -0.303 e. The van der Waals surface area contributed by atoms with E-state index in [4.69, 9.17) is 0 Å². The minimum atomic E-state index is 0.383. The molecule has 1 nitrogen and oxygen atoms in total. The topological polar surface area (TPSA) is 17.1 Å². The molecule has 118 valence electrons. The van der Waals surface area contributed by atoms with E-state index >= 15 is 0 Å². The van der Waals surface area contributed by atoms with Gasteiger partial charge in [0.25, 0.3) is 0 Å². The van der Waals surface area contributed by atoms with E-state index in [9.17, 15) is 4.79 Å². The van der Waals surface area contributed by atoms with Crippen molar-refractivity contribution >= 4 is 6.29 Å². The Labute approximate surface area is 130 Å². The third-order valence-corrected chi connectivity index (χ3v) is 8.64. The molecule has 0 heterocycles. The molecule has 0 bridgehead atoms. The Kier molecular flexibility index (Phi) is 3.28. The first-order chi connectivity index (χ1) is 10.1. The Morgan fingerprint density at radius 2 is 1.76 bits per heavy atom. The molecule has 0 radical (unpaired) electrons. The normalized spacial score (nSPS) is 56.2. The van der Waals surface area contributed by atoms with Crippen LogP contribution in [0.2, 0.25) is 0 Å². The molecular formula is C20H32O. The van der Waals surface area contributed by atoms with Gasteiger partial charge in [-0.15, -0.1) is 0 Å². The smallest absolute Gasteiger partial charge is 0.123 e. The minimum absolute atomic E-state index is 0.383. The SMILES string of the molecule is C[C@@]12CCC[C@H]1[C@@H]1[C@H](C=O)CC3CCCC[C@]3(C)[C@H]1CC2. The Hall–Kier alpha value is -0.330. The summed E-state index contributed by atoms with van der Waals surface area (Å²) in [5, 5.41) is 0. The molecule has 21 heavy (non-hydrogen) atoms. The Morgan fingerprint density at radius 1 is 0.905 bits per heavy atom. The fourth-order valence-corrected chi connectivity index (χ4v) is 7.49. The molecule has 4 aliphatic carbocycles. The molecule has 4 saturated carbocycles. The summed E-state index contributed by atoms with van der Waals surface area (Å²) in [7, 11) is 0. The first-order valence-electron chi connectivity index (χ1n) is 9.54. The van der Waals surface area contributed by atoms with Gasteiger partial charge in [-0.1, -0.05) is 33.1 Å². The second-order valence-electron chi connectivity index (χ2n) is 9.36. The molecule has 0 spiro atoms. The van der Waals surface area contributed by atoms with Crippen LogP contribution in [0.3, 0.4) is 0 Å². The van der Waals surface area contributed by atoms with E-state index < -0.39 is 0 Å². The molecule has 4 aliphatic rings. The lowest BCUT2D eigenvalue weighted by Gasteiger charge is -2.61. The molecule has 0 saturated heterocycles. The van der Waals surface area contributed by atoms with Crippen LogP contribution in [-0.2, 0) is 4.79 Å². The molecule has 1 heteroatoms. The van der Waals surface area contributed by atoms with E-state index in [1.165, 1.54) is 70.5 Å². The summed E-state index contributed by atoms with van der Waals surface area (Å²) >= 11 is 0. The Morgan fingerprint density at radius 3 is 2.57 bits per heavy atom. The Bertz CT molecular complexity index is 430. The molecular weight excluding hydrogens is 256 g/mol. The molecule has 0 amide bonds. The second-order valence-corrected chi connectivity index (χ2v) is 9.36. The van der Waals surface area contributed by atoms with Gasteiger partial charge in [-0.2, -0.15) is 0 Å². The van der Waals surface area contributed by atoms with Crippen LogP contribution in [-0.4, -0.2) is 6.29 Å². The molecule has 7 atom stereocenters. The number of carbonyl (C=O) groups excluding carboxylic acids is 1. The van der Waals surface area contributed by atoms with Gasteiger partial charge in [0.2, 0.25) is 0 Å². The maximum absolute atomic E-state index is 11.9. The van der Waals surface area contributed by atoms with Gasteiger partial charge < -0.3 is 4.79 Å². The van der Waals surface area contributed by atoms with Gasteiger partial charge in [-0.3, -0.25) is 0 Å². The summed E-state index contributed by atoms with van der Waals surface area (Å²) in [6.07, 6.45) is 15.4. The average Bonchev–Trinajstić information content (AvgIpc) is 2.87.